The number of hydrogen-bond acceptors (Lipinski definition) is 6. The average molecular weight is 389 g/mol. The molecule has 154 valence electrons. The quantitative estimate of drug-likeness (QED) is 0.730. The molecule has 0 aromatic heterocycles. The Hall–Kier alpha value is -2.12. The molecule has 0 aliphatic carbocycles. The van der Waals surface area contributed by atoms with Crippen molar-refractivity contribution in [3.63, 3.8) is 0 Å². The van der Waals surface area contributed by atoms with Crippen molar-refractivity contribution in [1.29, 1.82) is 0 Å². The summed E-state index contributed by atoms with van der Waals surface area (Å²) in [6.07, 6.45) is -1.28. The number of hydrogen-bond donors (Lipinski definition) is 0. The van der Waals surface area contributed by atoms with Gasteiger partial charge >= 0.3 is 5.97 Å². The Morgan fingerprint density at radius 2 is 2.07 bits per heavy atom. The number of carbonyl (C=O) groups is 2. The fourth-order valence-electron chi connectivity index (χ4n) is 4.22. The van der Waals surface area contributed by atoms with Crippen LogP contribution in [0.15, 0.2) is 12.1 Å². The lowest BCUT2D eigenvalue weighted by atomic mass is 9.84. The van der Waals surface area contributed by atoms with Crippen LogP contribution in [-0.2, 0) is 16.1 Å². The van der Waals surface area contributed by atoms with E-state index in [0.717, 1.165) is 16.7 Å². The van der Waals surface area contributed by atoms with Crippen molar-refractivity contribution in [2.75, 3.05) is 33.3 Å². The molecule has 1 aromatic carbocycles. The van der Waals surface area contributed by atoms with E-state index in [9.17, 15) is 14.7 Å². The molecular formula is C21H29N2O5-. The zero-order chi connectivity index (χ0) is 20.6. The first-order valence-corrected chi connectivity index (χ1v) is 9.65. The van der Waals surface area contributed by atoms with Crippen LogP contribution in [-0.4, -0.2) is 61.2 Å². The van der Waals surface area contributed by atoms with Gasteiger partial charge in [0.2, 0.25) is 0 Å². The monoisotopic (exact) mass is 389 g/mol. The number of ether oxygens (including phenoxy) is 2. The molecule has 0 radical (unpaired) electrons. The summed E-state index contributed by atoms with van der Waals surface area (Å²) in [5, 5.41) is 11.5. The number of carbonyl (C=O) groups excluding carboxylic acids is 2. The van der Waals surface area contributed by atoms with Crippen molar-refractivity contribution in [2.24, 2.45) is 5.41 Å². The van der Waals surface area contributed by atoms with Gasteiger partial charge in [0.05, 0.1) is 11.7 Å². The smallest absolute Gasteiger partial charge is 0.338 e. The zero-order valence-electron chi connectivity index (χ0n) is 17.3. The molecule has 7 nitrogen and oxygen atoms in total. The van der Waals surface area contributed by atoms with Crippen molar-refractivity contribution in [3.8, 4) is 0 Å². The zero-order valence-corrected chi connectivity index (χ0v) is 17.3. The minimum Gasteiger partial charge on any atom is -0.530 e. The second kappa shape index (κ2) is 7.72. The third kappa shape index (κ3) is 3.86. The number of esters is 1. The standard InChI is InChI=1S/C21H30N2O5/c1-13-14(6-7-15-16(13)12-28-19(15)24)17(27-5)10-22-8-9-23(20(25)26)18(11-22)21(2,3)4/h6-7,17-18H,8-12H2,1-5H3,(H,25,26)/p-1. The summed E-state index contributed by atoms with van der Waals surface area (Å²) in [7, 11) is 1.68. The van der Waals surface area contributed by atoms with E-state index in [1.54, 1.807) is 7.11 Å². The van der Waals surface area contributed by atoms with E-state index in [0.29, 0.717) is 38.3 Å². The van der Waals surface area contributed by atoms with Crippen LogP contribution in [0.25, 0.3) is 0 Å². The molecule has 1 aromatic rings. The highest BCUT2D eigenvalue weighted by atomic mass is 16.5. The molecule has 3 rings (SSSR count). The first kappa shape index (κ1) is 20.6. The van der Waals surface area contributed by atoms with Crippen LogP contribution in [0.3, 0.4) is 0 Å². The summed E-state index contributed by atoms with van der Waals surface area (Å²) in [5.74, 6) is -0.273. The Balaban J connectivity index is 1.79. The van der Waals surface area contributed by atoms with Crippen LogP contribution in [0.2, 0.25) is 0 Å². The van der Waals surface area contributed by atoms with Crippen LogP contribution >= 0.6 is 0 Å². The Kier molecular flexibility index (Phi) is 5.68. The number of benzene rings is 1. The fraction of sp³-hybridized carbons (Fsp3) is 0.619. The molecule has 0 N–H and O–H groups in total. The molecule has 2 unspecified atom stereocenters. The Morgan fingerprint density at radius 3 is 2.68 bits per heavy atom. The highest BCUT2D eigenvalue weighted by Gasteiger charge is 2.36. The Bertz CT molecular complexity index is 771. The molecule has 2 aliphatic heterocycles. The molecule has 7 heteroatoms. The molecular weight excluding hydrogens is 360 g/mol. The predicted molar refractivity (Wildman–Crippen MR) is 102 cm³/mol. The minimum absolute atomic E-state index is 0.143. The van der Waals surface area contributed by atoms with Crippen LogP contribution in [0, 0.1) is 12.3 Å². The number of rotatable bonds is 4. The van der Waals surface area contributed by atoms with Gasteiger partial charge in [-0.05, 0) is 29.5 Å². The van der Waals surface area contributed by atoms with E-state index >= 15 is 0 Å². The Morgan fingerprint density at radius 1 is 1.36 bits per heavy atom. The predicted octanol–water partition coefficient (Wildman–Crippen LogP) is 1.73. The Labute approximate surface area is 166 Å². The van der Waals surface area contributed by atoms with E-state index < -0.39 is 6.09 Å². The maximum atomic E-state index is 11.8. The van der Waals surface area contributed by atoms with Gasteiger partial charge in [-0.25, -0.2) is 4.79 Å². The fourth-order valence-corrected chi connectivity index (χ4v) is 4.22. The molecule has 2 atom stereocenters. The average Bonchev–Trinajstić information content (AvgIpc) is 3.01. The summed E-state index contributed by atoms with van der Waals surface area (Å²) in [4.78, 5) is 27.0. The molecule has 2 aliphatic rings. The maximum absolute atomic E-state index is 11.8. The van der Waals surface area contributed by atoms with Crippen LogP contribution < -0.4 is 5.11 Å². The van der Waals surface area contributed by atoms with Gasteiger partial charge in [-0.3, -0.25) is 4.90 Å². The van der Waals surface area contributed by atoms with Crippen LogP contribution in [0.1, 0.15) is 53.9 Å². The third-order valence-corrected chi connectivity index (χ3v) is 5.96. The van der Waals surface area contributed by atoms with Gasteiger partial charge in [-0.1, -0.05) is 26.8 Å². The van der Waals surface area contributed by atoms with Crippen LogP contribution in [0.5, 0.6) is 0 Å². The van der Waals surface area contributed by atoms with Gasteiger partial charge in [0.25, 0.3) is 0 Å². The largest absolute Gasteiger partial charge is 0.530 e. The second-order valence-corrected chi connectivity index (χ2v) is 8.71. The topological polar surface area (TPSA) is 82.1 Å². The lowest BCUT2D eigenvalue weighted by molar-refractivity contribution is -0.272. The van der Waals surface area contributed by atoms with Crippen molar-refractivity contribution >= 4 is 12.1 Å². The van der Waals surface area contributed by atoms with Crippen molar-refractivity contribution < 1.29 is 24.2 Å². The van der Waals surface area contributed by atoms with Crippen molar-refractivity contribution in [3.05, 3.63) is 34.4 Å². The molecule has 0 spiro atoms. The molecule has 1 amide bonds. The summed E-state index contributed by atoms with van der Waals surface area (Å²) >= 11 is 0. The van der Waals surface area contributed by atoms with Crippen molar-refractivity contribution in [1.82, 2.24) is 9.80 Å². The van der Waals surface area contributed by atoms with Gasteiger partial charge in [-0.15, -0.1) is 0 Å². The van der Waals surface area contributed by atoms with Crippen LogP contribution in [0.4, 0.5) is 4.79 Å². The highest BCUT2D eigenvalue weighted by Crippen LogP contribution is 2.32. The molecule has 1 fully saturated rings. The molecule has 2 heterocycles. The first-order valence-electron chi connectivity index (χ1n) is 9.65. The second-order valence-electron chi connectivity index (χ2n) is 8.71. The lowest BCUT2D eigenvalue weighted by Crippen LogP contribution is -2.62. The van der Waals surface area contributed by atoms with Gasteiger partial charge in [-0.2, -0.15) is 0 Å². The summed E-state index contributed by atoms with van der Waals surface area (Å²) in [6.45, 7) is 10.8. The number of cyclic esters (lactones) is 1. The van der Waals surface area contributed by atoms with E-state index in [1.807, 2.05) is 39.8 Å². The summed E-state index contributed by atoms with van der Waals surface area (Å²) in [5.41, 5.74) is 3.43. The van der Waals surface area contributed by atoms with E-state index in [2.05, 4.69) is 4.90 Å². The third-order valence-electron chi connectivity index (χ3n) is 5.96. The van der Waals surface area contributed by atoms with E-state index in [1.165, 1.54) is 4.90 Å². The molecule has 28 heavy (non-hydrogen) atoms. The van der Waals surface area contributed by atoms with Crippen molar-refractivity contribution in [2.45, 2.75) is 46.4 Å². The van der Waals surface area contributed by atoms with Gasteiger partial charge in [0, 0.05) is 44.9 Å². The molecule has 0 saturated carbocycles. The lowest BCUT2D eigenvalue weighted by Gasteiger charge is -2.49. The highest BCUT2D eigenvalue weighted by molar-refractivity contribution is 5.93. The first-order chi connectivity index (χ1) is 13.1. The number of carboxylic acid groups (broad SMARTS) is 1. The number of amides is 1. The summed E-state index contributed by atoms with van der Waals surface area (Å²) < 4.78 is 10.9. The summed E-state index contributed by atoms with van der Waals surface area (Å²) in [6, 6.07) is 3.61. The van der Waals surface area contributed by atoms with Gasteiger partial charge in [0.15, 0.2) is 0 Å². The van der Waals surface area contributed by atoms with Gasteiger partial charge < -0.3 is 24.3 Å². The maximum Gasteiger partial charge on any atom is 0.338 e. The van der Waals surface area contributed by atoms with E-state index in [-0.39, 0.29) is 23.5 Å². The number of methoxy groups -OCH3 is 1. The van der Waals surface area contributed by atoms with E-state index in [4.69, 9.17) is 9.47 Å². The van der Waals surface area contributed by atoms with Gasteiger partial charge in [0.1, 0.15) is 12.7 Å². The molecule has 0 bridgehead atoms. The minimum atomic E-state index is -1.11. The number of nitrogens with zero attached hydrogens (tertiary/aromatic N) is 2. The number of fused-ring (bicyclic) bond motifs is 1. The normalized spacial score (nSPS) is 21.4. The number of piperazine rings is 1. The SMILES string of the molecule is COC(CN1CCN(C(=O)[O-])C(C(C)(C)C)C1)c1ccc2c(c1C)COC2=O. The molecule has 1 saturated heterocycles.